The van der Waals surface area contributed by atoms with Gasteiger partial charge in [-0.3, -0.25) is 9.59 Å². The van der Waals surface area contributed by atoms with Crippen LogP contribution in [0.2, 0.25) is 0 Å². The first-order chi connectivity index (χ1) is 12.6. The molecule has 2 N–H and O–H groups in total. The summed E-state index contributed by atoms with van der Waals surface area (Å²) < 4.78 is 44.5. The largest absolute Gasteiger partial charge is 0.496 e. The van der Waals surface area contributed by atoms with Crippen molar-refractivity contribution in [3.05, 3.63) is 53.1 Å². The van der Waals surface area contributed by atoms with Crippen LogP contribution < -0.4 is 10.1 Å². The van der Waals surface area contributed by atoms with Crippen molar-refractivity contribution in [1.29, 1.82) is 0 Å². The van der Waals surface area contributed by atoms with E-state index in [1.54, 1.807) is 18.2 Å². The molecule has 2 aromatic carbocycles. The van der Waals surface area contributed by atoms with Gasteiger partial charge in [-0.25, -0.2) is 0 Å². The van der Waals surface area contributed by atoms with Gasteiger partial charge in [0.05, 0.1) is 19.1 Å². The van der Waals surface area contributed by atoms with Crippen molar-refractivity contribution in [2.45, 2.75) is 26.1 Å². The van der Waals surface area contributed by atoms with E-state index in [1.807, 2.05) is 0 Å². The first kappa shape index (κ1) is 20.3. The summed E-state index contributed by atoms with van der Waals surface area (Å²) in [5, 5.41) is 11.5. The third-order valence-corrected chi connectivity index (χ3v) is 3.87. The van der Waals surface area contributed by atoms with Gasteiger partial charge in [-0.15, -0.1) is 0 Å². The molecule has 0 radical (unpaired) electrons. The smallest absolute Gasteiger partial charge is 0.416 e. The van der Waals surface area contributed by atoms with Crippen LogP contribution in [0.3, 0.4) is 0 Å². The van der Waals surface area contributed by atoms with E-state index >= 15 is 0 Å². The fourth-order valence-corrected chi connectivity index (χ4v) is 2.65. The Morgan fingerprint density at radius 1 is 1.11 bits per heavy atom. The van der Waals surface area contributed by atoms with Crippen LogP contribution in [-0.4, -0.2) is 24.1 Å². The maximum atomic E-state index is 13.1. The van der Waals surface area contributed by atoms with Gasteiger partial charge in [0.15, 0.2) is 0 Å². The normalized spacial score (nSPS) is 11.1. The lowest BCUT2D eigenvalue weighted by Gasteiger charge is -2.17. The van der Waals surface area contributed by atoms with Crippen molar-refractivity contribution in [3.63, 3.8) is 0 Å². The third-order valence-electron chi connectivity index (χ3n) is 3.87. The summed E-state index contributed by atoms with van der Waals surface area (Å²) in [6.07, 6.45) is -4.77. The molecule has 0 atom stereocenters. The molecule has 5 nitrogen and oxygen atoms in total. The van der Waals surface area contributed by atoms with E-state index in [4.69, 9.17) is 9.84 Å². The zero-order valence-corrected chi connectivity index (χ0v) is 14.7. The second-order valence-electron chi connectivity index (χ2n) is 5.88. The summed E-state index contributed by atoms with van der Waals surface area (Å²) in [4.78, 5) is 22.2. The van der Waals surface area contributed by atoms with E-state index < -0.39 is 17.7 Å². The minimum absolute atomic E-state index is 0.110. The molecule has 1 amide bonds. The molecule has 0 unspecified atom stereocenters. The van der Waals surface area contributed by atoms with Crippen LogP contribution in [0.5, 0.6) is 5.75 Å². The first-order valence-electron chi connectivity index (χ1n) is 7.95. The van der Waals surface area contributed by atoms with Crippen molar-refractivity contribution in [3.8, 4) is 16.9 Å². The molecule has 0 aromatic heterocycles. The standard InChI is InChI=1S/C19H18F3NO4/c1-11(24)23-10-13-9-14(19(20,21)22)4-5-15(13)16-7-12(8-18(25)26)3-6-17(16)27-2/h3-7,9H,8,10H2,1-2H3,(H,23,24)(H,25,26). The number of halogens is 3. The molecule has 0 aliphatic carbocycles. The molecular formula is C19H18F3NO4. The highest BCUT2D eigenvalue weighted by atomic mass is 19.4. The Bertz CT molecular complexity index is 863. The van der Waals surface area contributed by atoms with Gasteiger partial charge in [-0.05, 0) is 41.0 Å². The summed E-state index contributed by atoms with van der Waals surface area (Å²) in [5.74, 6) is -1.03. The van der Waals surface area contributed by atoms with Gasteiger partial charge >= 0.3 is 12.1 Å². The monoisotopic (exact) mass is 381 g/mol. The molecular weight excluding hydrogens is 363 g/mol. The van der Waals surface area contributed by atoms with Crippen LogP contribution in [0.25, 0.3) is 11.1 Å². The molecule has 0 aliphatic heterocycles. The molecule has 0 aliphatic rings. The lowest BCUT2D eigenvalue weighted by atomic mass is 9.94. The number of alkyl halides is 3. The van der Waals surface area contributed by atoms with Crippen molar-refractivity contribution < 1.29 is 32.6 Å². The van der Waals surface area contributed by atoms with Gasteiger partial charge < -0.3 is 15.2 Å². The number of carbonyl (C=O) groups excluding carboxylic acids is 1. The average molecular weight is 381 g/mol. The van der Waals surface area contributed by atoms with Crippen molar-refractivity contribution in [2.24, 2.45) is 0 Å². The van der Waals surface area contributed by atoms with E-state index in [0.29, 0.717) is 22.4 Å². The number of rotatable bonds is 6. The highest BCUT2D eigenvalue weighted by Crippen LogP contribution is 2.37. The minimum atomic E-state index is -4.53. The zero-order valence-electron chi connectivity index (χ0n) is 14.7. The topological polar surface area (TPSA) is 75.6 Å². The molecule has 0 bridgehead atoms. The highest BCUT2D eigenvalue weighted by Gasteiger charge is 2.31. The number of amides is 1. The van der Waals surface area contributed by atoms with Crippen LogP contribution in [0.4, 0.5) is 13.2 Å². The molecule has 0 spiro atoms. The van der Waals surface area contributed by atoms with Gasteiger partial charge in [-0.2, -0.15) is 13.2 Å². The van der Waals surface area contributed by atoms with Crippen LogP contribution >= 0.6 is 0 Å². The van der Waals surface area contributed by atoms with Crippen molar-refractivity contribution in [1.82, 2.24) is 5.32 Å². The number of carboxylic acids is 1. The Morgan fingerprint density at radius 2 is 1.81 bits per heavy atom. The molecule has 0 heterocycles. The van der Waals surface area contributed by atoms with E-state index in [-0.39, 0.29) is 24.4 Å². The lowest BCUT2D eigenvalue weighted by Crippen LogP contribution is -2.20. The van der Waals surface area contributed by atoms with E-state index in [0.717, 1.165) is 12.1 Å². The Morgan fingerprint density at radius 3 is 2.37 bits per heavy atom. The fourth-order valence-electron chi connectivity index (χ4n) is 2.65. The van der Waals surface area contributed by atoms with E-state index in [9.17, 15) is 22.8 Å². The molecule has 0 fully saturated rings. The third kappa shape index (κ3) is 5.22. The summed E-state index contributed by atoms with van der Waals surface area (Å²) >= 11 is 0. The number of carboxylic acid groups (broad SMARTS) is 1. The van der Waals surface area contributed by atoms with Gasteiger partial charge in [0.2, 0.25) is 5.91 Å². The van der Waals surface area contributed by atoms with Gasteiger partial charge in [-0.1, -0.05) is 12.1 Å². The van der Waals surface area contributed by atoms with E-state index in [2.05, 4.69) is 5.32 Å². The lowest BCUT2D eigenvalue weighted by molar-refractivity contribution is -0.138. The second-order valence-corrected chi connectivity index (χ2v) is 5.88. The molecule has 2 aromatic rings. The average Bonchev–Trinajstić information content (AvgIpc) is 2.58. The first-order valence-corrected chi connectivity index (χ1v) is 7.95. The minimum Gasteiger partial charge on any atom is -0.496 e. The highest BCUT2D eigenvalue weighted by molar-refractivity contribution is 5.78. The Kier molecular flexibility index (Phi) is 6.09. The van der Waals surface area contributed by atoms with Crippen molar-refractivity contribution >= 4 is 11.9 Å². The summed E-state index contributed by atoms with van der Waals surface area (Å²) in [6.45, 7) is 1.16. The maximum absolute atomic E-state index is 13.1. The zero-order chi connectivity index (χ0) is 20.2. The molecule has 0 saturated carbocycles. The number of carbonyl (C=O) groups is 2. The molecule has 8 heteroatoms. The summed E-state index contributed by atoms with van der Waals surface area (Å²) in [7, 11) is 1.41. The number of hydrogen-bond donors (Lipinski definition) is 2. The molecule has 0 saturated heterocycles. The predicted molar refractivity (Wildman–Crippen MR) is 92.3 cm³/mol. The Hall–Kier alpha value is -3.03. The Balaban J connectivity index is 2.61. The number of ether oxygens (including phenoxy) is 1. The summed E-state index contributed by atoms with van der Waals surface area (Å²) in [6, 6.07) is 7.90. The number of benzene rings is 2. The van der Waals surface area contributed by atoms with Crippen molar-refractivity contribution in [2.75, 3.05) is 7.11 Å². The van der Waals surface area contributed by atoms with Crippen LogP contribution in [-0.2, 0) is 28.7 Å². The molecule has 2 rings (SSSR count). The maximum Gasteiger partial charge on any atom is 0.416 e. The second kappa shape index (κ2) is 8.11. The van der Waals surface area contributed by atoms with Gasteiger partial charge in [0, 0.05) is 19.0 Å². The number of aliphatic carboxylic acids is 1. The molecule has 144 valence electrons. The summed E-state index contributed by atoms with van der Waals surface area (Å²) in [5.41, 5.74) is 0.743. The van der Waals surface area contributed by atoms with Crippen LogP contribution in [0.15, 0.2) is 36.4 Å². The van der Waals surface area contributed by atoms with Crippen LogP contribution in [0.1, 0.15) is 23.6 Å². The van der Waals surface area contributed by atoms with E-state index in [1.165, 1.54) is 20.1 Å². The number of hydrogen-bond acceptors (Lipinski definition) is 3. The van der Waals surface area contributed by atoms with Gasteiger partial charge in [0.1, 0.15) is 5.75 Å². The molecule has 27 heavy (non-hydrogen) atoms. The number of nitrogens with one attached hydrogen (secondary N) is 1. The van der Waals surface area contributed by atoms with Crippen LogP contribution in [0, 0.1) is 0 Å². The predicted octanol–water partition coefficient (Wildman–Crippen LogP) is 3.64. The fraction of sp³-hybridized carbons (Fsp3) is 0.263. The SMILES string of the molecule is COc1ccc(CC(=O)O)cc1-c1ccc(C(F)(F)F)cc1CNC(C)=O. The van der Waals surface area contributed by atoms with Gasteiger partial charge in [0.25, 0.3) is 0 Å². The number of methoxy groups -OCH3 is 1. The quantitative estimate of drug-likeness (QED) is 0.801. The Labute approximate surface area is 153 Å².